The third kappa shape index (κ3) is 4.70. The Morgan fingerprint density at radius 3 is 2.44 bits per heavy atom. The van der Waals surface area contributed by atoms with Crippen molar-refractivity contribution in [1.82, 2.24) is 10.3 Å². The number of nitrogens with one attached hydrogen (secondary N) is 1. The number of nitrogens with zero attached hydrogens (tertiary/aromatic N) is 3. The number of aryl methyl sites for hydroxylation is 1. The maximum atomic E-state index is 12.2. The number of allylic oxidation sites excluding steroid dienone is 2. The minimum atomic E-state index is -0.460. The normalized spacial score (nSPS) is 17.5. The average Bonchev–Trinajstić information content (AvgIpc) is 2.61. The van der Waals surface area contributed by atoms with Gasteiger partial charge in [0, 0.05) is 43.1 Å². The van der Waals surface area contributed by atoms with E-state index in [0.29, 0.717) is 13.1 Å². The Hall–Kier alpha value is -2.76. The van der Waals surface area contributed by atoms with Crippen LogP contribution in [0.15, 0.2) is 47.7 Å². The highest BCUT2D eigenvalue weighted by atomic mass is 16.6. The molecule has 0 aliphatic carbocycles. The van der Waals surface area contributed by atoms with E-state index in [2.05, 4.69) is 47.1 Å². The summed E-state index contributed by atoms with van der Waals surface area (Å²) < 4.78 is 5.47. The van der Waals surface area contributed by atoms with Crippen molar-refractivity contribution in [3.63, 3.8) is 0 Å². The fourth-order valence-electron chi connectivity index (χ4n) is 3.17. The van der Waals surface area contributed by atoms with Crippen molar-refractivity contribution < 1.29 is 9.53 Å². The van der Waals surface area contributed by atoms with Crippen LogP contribution < -0.4 is 10.3 Å². The van der Waals surface area contributed by atoms with E-state index in [1.54, 1.807) is 4.90 Å². The van der Waals surface area contributed by atoms with Gasteiger partial charge < -0.3 is 14.5 Å². The van der Waals surface area contributed by atoms with Crippen LogP contribution in [0.4, 0.5) is 10.5 Å². The van der Waals surface area contributed by atoms with Crippen molar-refractivity contribution in [3.8, 4) is 0 Å². The van der Waals surface area contributed by atoms with E-state index in [-0.39, 0.29) is 6.09 Å². The van der Waals surface area contributed by atoms with E-state index in [4.69, 9.17) is 4.74 Å². The van der Waals surface area contributed by atoms with Crippen LogP contribution in [0.3, 0.4) is 0 Å². The first-order chi connectivity index (χ1) is 12.7. The molecule has 0 aromatic heterocycles. The van der Waals surface area contributed by atoms with Crippen molar-refractivity contribution in [2.75, 3.05) is 31.1 Å². The molecule has 144 valence electrons. The van der Waals surface area contributed by atoms with Gasteiger partial charge >= 0.3 is 6.09 Å². The Labute approximate surface area is 161 Å². The van der Waals surface area contributed by atoms with Crippen molar-refractivity contribution in [2.24, 2.45) is 5.10 Å². The topological polar surface area (TPSA) is 57.2 Å². The summed E-state index contributed by atoms with van der Waals surface area (Å²) in [6, 6.07) is 6.36. The van der Waals surface area contributed by atoms with Crippen LogP contribution in [-0.4, -0.2) is 48.5 Å². The molecule has 27 heavy (non-hydrogen) atoms. The van der Waals surface area contributed by atoms with E-state index in [1.165, 1.54) is 11.3 Å². The predicted molar refractivity (Wildman–Crippen MR) is 109 cm³/mol. The molecule has 6 nitrogen and oxygen atoms in total. The van der Waals surface area contributed by atoms with Crippen LogP contribution in [0, 0.1) is 6.92 Å². The molecule has 1 aromatic rings. The highest BCUT2D eigenvalue weighted by Crippen LogP contribution is 2.24. The zero-order chi connectivity index (χ0) is 19.6. The lowest BCUT2D eigenvalue weighted by atomic mass is 10.0. The van der Waals surface area contributed by atoms with Gasteiger partial charge in [0.1, 0.15) is 5.60 Å². The monoisotopic (exact) mass is 368 g/mol. The molecule has 1 saturated heterocycles. The number of ether oxygens (including phenoxy) is 1. The summed E-state index contributed by atoms with van der Waals surface area (Å²) >= 11 is 0. The second-order valence-corrected chi connectivity index (χ2v) is 7.92. The van der Waals surface area contributed by atoms with Crippen molar-refractivity contribution >= 4 is 17.5 Å². The first kappa shape index (κ1) is 19.0. The fraction of sp³-hybridized carbons (Fsp3) is 0.429. The van der Waals surface area contributed by atoms with Gasteiger partial charge in [0.05, 0.1) is 5.71 Å². The van der Waals surface area contributed by atoms with E-state index in [0.717, 1.165) is 30.1 Å². The molecule has 2 aliphatic heterocycles. The first-order valence-corrected chi connectivity index (χ1v) is 9.27. The number of piperazine rings is 1. The SMILES string of the molecule is C=C1C=CC(c2ccc(N3CCN(C(=O)OC(C)(C)C)CC3)c(C)c2)=NN1. The van der Waals surface area contributed by atoms with Crippen LogP contribution in [0.5, 0.6) is 0 Å². The van der Waals surface area contributed by atoms with Gasteiger partial charge in [0.15, 0.2) is 0 Å². The molecular weight excluding hydrogens is 340 g/mol. The van der Waals surface area contributed by atoms with Gasteiger partial charge in [-0.15, -0.1) is 0 Å². The van der Waals surface area contributed by atoms with Gasteiger partial charge in [0.2, 0.25) is 0 Å². The van der Waals surface area contributed by atoms with Crippen LogP contribution in [-0.2, 0) is 4.74 Å². The Balaban J connectivity index is 1.64. The quantitative estimate of drug-likeness (QED) is 0.869. The van der Waals surface area contributed by atoms with Crippen molar-refractivity contribution in [3.05, 3.63) is 53.8 Å². The van der Waals surface area contributed by atoms with E-state index in [9.17, 15) is 4.79 Å². The number of carbonyl (C=O) groups excluding carboxylic acids is 1. The van der Waals surface area contributed by atoms with Gasteiger partial charge in [-0.1, -0.05) is 12.6 Å². The number of amides is 1. The summed E-state index contributed by atoms with van der Waals surface area (Å²) in [5.74, 6) is 0. The van der Waals surface area contributed by atoms with Gasteiger partial charge in [0.25, 0.3) is 0 Å². The molecule has 0 saturated carbocycles. The number of hydrazone groups is 1. The number of hydrogen-bond acceptors (Lipinski definition) is 5. The Morgan fingerprint density at radius 2 is 1.89 bits per heavy atom. The summed E-state index contributed by atoms with van der Waals surface area (Å²) in [5.41, 5.74) is 7.59. The van der Waals surface area contributed by atoms with Gasteiger partial charge in [-0.05, 0) is 57.5 Å². The maximum Gasteiger partial charge on any atom is 0.410 e. The molecule has 1 N–H and O–H groups in total. The molecule has 0 unspecified atom stereocenters. The number of hydrogen-bond donors (Lipinski definition) is 1. The maximum absolute atomic E-state index is 12.2. The smallest absolute Gasteiger partial charge is 0.410 e. The second kappa shape index (κ2) is 7.47. The molecule has 1 fully saturated rings. The molecule has 1 aromatic carbocycles. The predicted octanol–water partition coefficient (Wildman–Crippen LogP) is 3.43. The highest BCUT2D eigenvalue weighted by molar-refractivity contribution is 6.09. The molecule has 0 bridgehead atoms. The summed E-state index contributed by atoms with van der Waals surface area (Å²) in [5, 5.41) is 4.33. The number of benzene rings is 1. The molecule has 6 heteroatoms. The molecule has 2 aliphatic rings. The lowest BCUT2D eigenvalue weighted by Crippen LogP contribution is -2.50. The third-order valence-electron chi connectivity index (χ3n) is 4.53. The van der Waals surface area contributed by atoms with Gasteiger partial charge in [-0.2, -0.15) is 5.10 Å². The molecule has 0 atom stereocenters. The van der Waals surface area contributed by atoms with E-state index in [1.807, 2.05) is 32.9 Å². The molecule has 3 rings (SSSR count). The first-order valence-electron chi connectivity index (χ1n) is 9.27. The summed E-state index contributed by atoms with van der Waals surface area (Å²) in [6.07, 6.45) is 3.65. The van der Waals surface area contributed by atoms with Gasteiger partial charge in [-0.25, -0.2) is 4.79 Å². The zero-order valence-corrected chi connectivity index (χ0v) is 16.6. The number of rotatable bonds is 2. The number of anilines is 1. The minimum absolute atomic E-state index is 0.231. The third-order valence-corrected chi connectivity index (χ3v) is 4.53. The molecular formula is C21H28N4O2. The van der Waals surface area contributed by atoms with Gasteiger partial charge in [-0.3, -0.25) is 5.43 Å². The van der Waals surface area contributed by atoms with Crippen LogP contribution >= 0.6 is 0 Å². The minimum Gasteiger partial charge on any atom is -0.444 e. The van der Waals surface area contributed by atoms with Crippen LogP contribution in [0.1, 0.15) is 31.9 Å². The van der Waals surface area contributed by atoms with Crippen LogP contribution in [0.25, 0.3) is 0 Å². The molecule has 1 amide bonds. The standard InChI is InChI=1S/C21H28N4O2/c1-15-14-17(18-8-6-16(2)22-23-18)7-9-19(15)24-10-12-25(13-11-24)20(26)27-21(3,4)5/h6-9,14,22H,2,10-13H2,1,3-5H3. The Kier molecular flexibility index (Phi) is 5.26. The Morgan fingerprint density at radius 1 is 1.19 bits per heavy atom. The zero-order valence-electron chi connectivity index (χ0n) is 16.6. The lowest BCUT2D eigenvalue weighted by Gasteiger charge is -2.37. The Bertz CT molecular complexity index is 797. The largest absolute Gasteiger partial charge is 0.444 e. The number of carbonyl (C=O) groups is 1. The van der Waals surface area contributed by atoms with E-state index >= 15 is 0 Å². The average molecular weight is 368 g/mol. The highest BCUT2D eigenvalue weighted by Gasteiger charge is 2.26. The summed E-state index contributed by atoms with van der Waals surface area (Å²) in [6.45, 7) is 14.5. The lowest BCUT2D eigenvalue weighted by molar-refractivity contribution is 0.0240. The summed E-state index contributed by atoms with van der Waals surface area (Å²) in [4.78, 5) is 16.3. The van der Waals surface area contributed by atoms with E-state index < -0.39 is 5.60 Å². The molecule has 0 radical (unpaired) electrons. The molecule has 0 spiro atoms. The van der Waals surface area contributed by atoms with Crippen molar-refractivity contribution in [2.45, 2.75) is 33.3 Å². The van der Waals surface area contributed by atoms with Crippen LogP contribution in [0.2, 0.25) is 0 Å². The van der Waals surface area contributed by atoms with Crippen molar-refractivity contribution in [1.29, 1.82) is 0 Å². The summed E-state index contributed by atoms with van der Waals surface area (Å²) in [7, 11) is 0. The second-order valence-electron chi connectivity index (χ2n) is 7.92. The molecule has 2 heterocycles. The fourth-order valence-corrected chi connectivity index (χ4v) is 3.17.